The molecule has 0 fully saturated rings. The molecule has 0 atom stereocenters. The van der Waals surface area contributed by atoms with Gasteiger partial charge in [-0.1, -0.05) is 18.2 Å². The summed E-state index contributed by atoms with van der Waals surface area (Å²) in [5.41, 5.74) is 0.0342. The van der Waals surface area contributed by atoms with E-state index in [9.17, 15) is 39.6 Å². The molecule has 0 aliphatic carbocycles. The third kappa shape index (κ3) is 4.84. The Kier molecular flexibility index (Phi) is 7.68. The van der Waals surface area contributed by atoms with E-state index in [0.29, 0.717) is 57.3 Å². The number of aryl methyl sites for hydroxylation is 1. The number of benzene rings is 5. The van der Waals surface area contributed by atoms with Crippen LogP contribution in [0.15, 0.2) is 42.5 Å². The molecule has 0 saturated heterocycles. The van der Waals surface area contributed by atoms with Gasteiger partial charge in [0.15, 0.2) is 0 Å². The lowest BCUT2D eigenvalue weighted by molar-refractivity contribution is 0.0681. The summed E-state index contributed by atoms with van der Waals surface area (Å²) < 4.78 is 0. The van der Waals surface area contributed by atoms with Crippen LogP contribution in [-0.4, -0.2) is 82.9 Å². The Morgan fingerprint density at radius 2 is 1.07 bits per heavy atom. The Morgan fingerprint density at radius 3 is 1.60 bits per heavy atom. The largest absolute Gasteiger partial charge is 0.478 e. The van der Waals surface area contributed by atoms with Crippen LogP contribution in [0.3, 0.4) is 0 Å². The molecular weight excluding hydrogens is 540 g/mol. The summed E-state index contributed by atoms with van der Waals surface area (Å²) in [6.07, 6.45) is 2.08. The highest BCUT2D eigenvalue weighted by atomic mass is 16.4. The van der Waals surface area contributed by atoms with Gasteiger partial charge in [0.2, 0.25) is 0 Å². The normalized spacial score (nSPS) is 11.8. The first kappa shape index (κ1) is 28.7. The van der Waals surface area contributed by atoms with Crippen molar-refractivity contribution in [2.45, 2.75) is 19.3 Å². The van der Waals surface area contributed by atoms with Crippen LogP contribution in [0.25, 0.3) is 43.1 Å². The maximum Gasteiger partial charge on any atom is 0.336 e. The van der Waals surface area contributed by atoms with Crippen molar-refractivity contribution in [3.8, 4) is 0 Å². The van der Waals surface area contributed by atoms with Gasteiger partial charge in [-0.25, -0.2) is 19.2 Å². The van der Waals surface area contributed by atoms with Crippen molar-refractivity contribution in [1.82, 2.24) is 10.2 Å². The van der Waals surface area contributed by atoms with Crippen LogP contribution >= 0.6 is 0 Å². The van der Waals surface area contributed by atoms with Gasteiger partial charge in [-0.3, -0.25) is 0 Å². The summed E-state index contributed by atoms with van der Waals surface area (Å²) >= 11 is 0. The molecule has 0 spiro atoms. The Morgan fingerprint density at radius 1 is 0.595 bits per heavy atom. The molecule has 0 aliphatic heterocycles. The van der Waals surface area contributed by atoms with Crippen molar-refractivity contribution in [2.75, 3.05) is 33.7 Å². The number of rotatable bonds is 12. The van der Waals surface area contributed by atoms with Crippen molar-refractivity contribution < 1.29 is 39.6 Å². The highest BCUT2D eigenvalue weighted by molar-refractivity contribution is 6.38. The van der Waals surface area contributed by atoms with E-state index in [2.05, 4.69) is 10.2 Å². The number of carboxylic acid groups (broad SMARTS) is 4. The van der Waals surface area contributed by atoms with Crippen LogP contribution in [0.2, 0.25) is 0 Å². The second kappa shape index (κ2) is 11.2. The number of hydrogen-bond donors (Lipinski definition) is 5. The smallest absolute Gasteiger partial charge is 0.336 e. The van der Waals surface area contributed by atoms with E-state index < -0.39 is 23.9 Å². The first-order valence-corrected chi connectivity index (χ1v) is 13.5. The van der Waals surface area contributed by atoms with E-state index in [0.717, 1.165) is 19.5 Å². The first-order valence-electron chi connectivity index (χ1n) is 13.5. The molecule has 0 aliphatic rings. The number of hydrogen-bond acceptors (Lipinski definition) is 6. The molecule has 10 heteroatoms. The lowest BCUT2D eigenvalue weighted by Gasteiger charge is -2.21. The van der Waals surface area contributed by atoms with Crippen LogP contribution in [0.5, 0.6) is 0 Å². The number of carboxylic acids is 4. The van der Waals surface area contributed by atoms with Crippen LogP contribution < -0.4 is 5.32 Å². The zero-order valence-electron chi connectivity index (χ0n) is 23.2. The molecule has 10 nitrogen and oxygen atoms in total. The van der Waals surface area contributed by atoms with Crippen molar-refractivity contribution >= 4 is 67.0 Å². The quantitative estimate of drug-likeness (QED) is 0.0783. The summed E-state index contributed by atoms with van der Waals surface area (Å²) in [6, 6.07) is 10.3. The number of fused-ring (bicyclic) bond motifs is 2. The minimum absolute atomic E-state index is 0.0712. The molecule has 0 radical (unpaired) electrons. The van der Waals surface area contributed by atoms with Gasteiger partial charge >= 0.3 is 23.9 Å². The van der Waals surface area contributed by atoms with Crippen LogP contribution in [-0.2, 0) is 6.42 Å². The zero-order chi connectivity index (χ0) is 30.3. The SMILES string of the molecule is CN(C)CCCNCCCc1cc(C(=O)O)c2c(C(=O)O)ccc3c4ccc(C(=O)O)c5c(C(=O)O)ccc(c1c23)c54. The fraction of sp³-hybridized carbons (Fsp3) is 0.250. The molecule has 0 aromatic heterocycles. The summed E-state index contributed by atoms with van der Waals surface area (Å²) in [4.78, 5) is 51.3. The van der Waals surface area contributed by atoms with Crippen LogP contribution in [0, 0.1) is 0 Å². The van der Waals surface area contributed by atoms with Gasteiger partial charge in [-0.2, -0.15) is 0 Å². The molecule has 0 amide bonds. The molecule has 216 valence electrons. The van der Waals surface area contributed by atoms with Gasteiger partial charge in [0.1, 0.15) is 0 Å². The van der Waals surface area contributed by atoms with Gasteiger partial charge < -0.3 is 30.6 Å². The molecule has 42 heavy (non-hydrogen) atoms. The molecule has 5 N–H and O–H groups in total. The van der Waals surface area contributed by atoms with Crippen molar-refractivity contribution in [3.63, 3.8) is 0 Å². The highest BCUT2D eigenvalue weighted by Gasteiger charge is 2.27. The average molecular weight is 571 g/mol. The van der Waals surface area contributed by atoms with Gasteiger partial charge in [0.05, 0.1) is 22.3 Å². The Hall–Kier alpha value is -4.80. The average Bonchev–Trinajstić information content (AvgIpc) is 2.93. The predicted molar refractivity (Wildman–Crippen MR) is 160 cm³/mol. The summed E-state index contributed by atoms with van der Waals surface area (Å²) in [7, 11) is 4.01. The zero-order valence-corrected chi connectivity index (χ0v) is 23.2. The third-order valence-electron chi connectivity index (χ3n) is 7.76. The summed E-state index contributed by atoms with van der Waals surface area (Å²) in [5.74, 6) is -5.09. The minimum Gasteiger partial charge on any atom is -0.478 e. The fourth-order valence-corrected chi connectivity index (χ4v) is 6.03. The van der Waals surface area contributed by atoms with E-state index in [1.165, 1.54) is 24.3 Å². The first-order chi connectivity index (χ1) is 20.0. The van der Waals surface area contributed by atoms with Crippen molar-refractivity contribution in [2.24, 2.45) is 0 Å². The molecule has 5 aromatic carbocycles. The Labute approximate surface area is 240 Å². The second-order valence-corrected chi connectivity index (χ2v) is 10.7. The van der Waals surface area contributed by atoms with Gasteiger partial charge in [0.25, 0.3) is 0 Å². The molecule has 0 bridgehead atoms. The Balaban J connectivity index is 1.84. The molecule has 0 unspecified atom stereocenters. The topological polar surface area (TPSA) is 164 Å². The summed E-state index contributed by atoms with van der Waals surface area (Å²) in [6.45, 7) is 2.43. The summed E-state index contributed by atoms with van der Waals surface area (Å²) in [5, 5.41) is 46.7. The van der Waals surface area contributed by atoms with E-state index in [1.54, 1.807) is 18.2 Å². The maximum atomic E-state index is 12.5. The number of nitrogens with zero attached hydrogens (tertiary/aromatic N) is 1. The van der Waals surface area contributed by atoms with Gasteiger partial charge in [0, 0.05) is 10.8 Å². The van der Waals surface area contributed by atoms with E-state index in [-0.39, 0.29) is 33.0 Å². The minimum atomic E-state index is -1.28. The highest BCUT2D eigenvalue weighted by Crippen LogP contribution is 2.45. The number of aromatic carboxylic acids is 4. The van der Waals surface area contributed by atoms with Crippen molar-refractivity contribution in [3.05, 3.63) is 70.3 Å². The lowest BCUT2D eigenvalue weighted by Crippen LogP contribution is -2.22. The van der Waals surface area contributed by atoms with E-state index in [1.807, 2.05) is 14.1 Å². The molecule has 0 saturated carbocycles. The maximum absolute atomic E-state index is 12.5. The van der Waals surface area contributed by atoms with Crippen molar-refractivity contribution in [1.29, 1.82) is 0 Å². The molecule has 5 aromatic rings. The second-order valence-electron chi connectivity index (χ2n) is 10.7. The molecule has 5 rings (SSSR count). The van der Waals surface area contributed by atoms with Crippen LogP contribution in [0.4, 0.5) is 0 Å². The van der Waals surface area contributed by atoms with Crippen LogP contribution in [0.1, 0.15) is 59.8 Å². The monoisotopic (exact) mass is 570 g/mol. The van der Waals surface area contributed by atoms with Gasteiger partial charge in [-0.05, 0) is 115 Å². The number of carbonyl (C=O) groups is 4. The fourth-order valence-electron chi connectivity index (χ4n) is 6.03. The standard InChI is InChI=1S/C32H30N2O8/c1-34(2)14-4-13-33-12-3-5-16-15-23(32(41)42)27-22(31(39)40)10-7-18-17-6-9-20(29(35)36)26-21(30(37)38)11-8-19(25(17)26)24(16)28(18)27/h6-11,15,33H,3-5,12-14H2,1-2H3,(H,35,36)(H,37,38)(H,39,40)(H,41,42). The molecular formula is C32H30N2O8. The third-order valence-corrected chi connectivity index (χ3v) is 7.76. The van der Waals surface area contributed by atoms with Gasteiger partial charge in [-0.15, -0.1) is 0 Å². The number of nitrogens with one attached hydrogen (secondary N) is 1. The Bertz CT molecular complexity index is 1890. The van der Waals surface area contributed by atoms with E-state index >= 15 is 0 Å². The van der Waals surface area contributed by atoms with E-state index in [4.69, 9.17) is 0 Å². The lowest BCUT2D eigenvalue weighted by atomic mass is 9.82. The molecule has 0 heterocycles. The predicted octanol–water partition coefficient (Wildman–Crippen LogP) is 5.00.